The van der Waals surface area contributed by atoms with Crippen LogP contribution in [-0.2, 0) is 6.54 Å². The molecule has 0 amide bonds. The van der Waals surface area contributed by atoms with Crippen LogP contribution in [0.2, 0.25) is 0 Å². The van der Waals surface area contributed by atoms with Gasteiger partial charge >= 0.3 is 0 Å². The van der Waals surface area contributed by atoms with E-state index in [0.717, 1.165) is 15.1 Å². The van der Waals surface area contributed by atoms with Gasteiger partial charge < -0.3 is 4.52 Å². The third kappa shape index (κ3) is 3.85. The summed E-state index contributed by atoms with van der Waals surface area (Å²) in [6, 6.07) is 8.36. The van der Waals surface area contributed by atoms with Gasteiger partial charge in [-0.3, -0.25) is 9.88 Å². The van der Waals surface area contributed by atoms with Gasteiger partial charge in [0.25, 0.3) is 0 Å². The van der Waals surface area contributed by atoms with Crippen LogP contribution in [-0.4, -0.2) is 27.1 Å². The number of nitrogens with zero attached hydrogens (tertiary/aromatic N) is 4. The molecule has 1 atom stereocenters. The summed E-state index contributed by atoms with van der Waals surface area (Å²) in [6.07, 6.45) is 4.65. The molecule has 7 heteroatoms. The summed E-state index contributed by atoms with van der Waals surface area (Å²) in [6.45, 7) is 2.78. The van der Waals surface area contributed by atoms with E-state index in [1.807, 2.05) is 36.7 Å². The van der Waals surface area contributed by atoms with Crippen molar-refractivity contribution < 1.29 is 4.52 Å². The number of pyridine rings is 1. The van der Waals surface area contributed by atoms with Crippen LogP contribution in [0.3, 0.4) is 0 Å². The van der Waals surface area contributed by atoms with Crippen molar-refractivity contribution in [2.75, 3.05) is 7.05 Å². The van der Waals surface area contributed by atoms with Crippen LogP contribution >= 0.6 is 27.3 Å². The maximum absolute atomic E-state index is 5.41. The van der Waals surface area contributed by atoms with Crippen molar-refractivity contribution in [3.05, 3.63) is 51.9 Å². The molecule has 3 aromatic heterocycles. The number of hydrogen-bond acceptors (Lipinski definition) is 6. The second kappa shape index (κ2) is 7.33. The molecule has 120 valence electrons. The standard InChI is InChI=1S/C16H17BrN4OS/c1-3-12(11-6-8-18-9-7-11)21(2)10-15-19-16(20-22-15)13-4-5-14(17)23-13/h4-9,12H,3,10H2,1-2H3. The van der Waals surface area contributed by atoms with E-state index in [4.69, 9.17) is 4.52 Å². The lowest BCUT2D eigenvalue weighted by atomic mass is 10.0. The van der Waals surface area contributed by atoms with Crippen LogP contribution in [0.4, 0.5) is 0 Å². The number of aromatic nitrogens is 3. The third-order valence-electron chi connectivity index (χ3n) is 3.66. The first-order valence-corrected chi connectivity index (χ1v) is 8.96. The van der Waals surface area contributed by atoms with E-state index >= 15 is 0 Å². The summed E-state index contributed by atoms with van der Waals surface area (Å²) in [5.41, 5.74) is 1.24. The van der Waals surface area contributed by atoms with Gasteiger partial charge in [0.1, 0.15) is 0 Å². The summed E-state index contributed by atoms with van der Waals surface area (Å²) >= 11 is 5.04. The molecule has 1 unspecified atom stereocenters. The SMILES string of the molecule is CCC(c1ccncc1)N(C)Cc1nc(-c2ccc(Br)s2)no1. The average Bonchev–Trinajstić information content (AvgIpc) is 3.18. The minimum Gasteiger partial charge on any atom is -0.338 e. The summed E-state index contributed by atoms with van der Waals surface area (Å²) < 4.78 is 6.46. The molecule has 0 aromatic carbocycles. The highest BCUT2D eigenvalue weighted by atomic mass is 79.9. The van der Waals surface area contributed by atoms with Gasteiger partial charge in [-0.05, 0) is 59.2 Å². The van der Waals surface area contributed by atoms with E-state index in [1.54, 1.807) is 11.3 Å². The van der Waals surface area contributed by atoms with E-state index in [2.05, 4.69) is 49.9 Å². The first kappa shape index (κ1) is 16.3. The highest BCUT2D eigenvalue weighted by Gasteiger charge is 2.18. The molecule has 0 radical (unpaired) electrons. The van der Waals surface area contributed by atoms with Crippen molar-refractivity contribution in [3.8, 4) is 10.7 Å². The highest BCUT2D eigenvalue weighted by molar-refractivity contribution is 9.11. The molecule has 0 aliphatic carbocycles. The van der Waals surface area contributed by atoms with Gasteiger partial charge in [0.05, 0.1) is 15.2 Å². The van der Waals surface area contributed by atoms with Crippen LogP contribution in [0.5, 0.6) is 0 Å². The van der Waals surface area contributed by atoms with E-state index in [-0.39, 0.29) is 0 Å². The highest BCUT2D eigenvalue weighted by Crippen LogP contribution is 2.30. The molecule has 3 heterocycles. The quantitative estimate of drug-likeness (QED) is 0.616. The summed E-state index contributed by atoms with van der Waals surface area (Å²) in [4.78, 5) is 11.8. The van der Waals surface area contributed by atoms with Gasteiger partial charge in [-0.15, -0.1) is 11.3 Å². The monoisotopic (exact) mass is 392 g/mol. The van der Waals surface area contributed by atoms with Gasteiger partial charge in [-0.2, -0.15) is 4.98 Å². The van der Waals surface area contributed by atoms with Crippen molar-refractivity contribution >= 4 is 27.3 Å². The molecule has 3 rings (SSSR count). The second-order valence-electron chi connectivity index (χ2n) is 5.24. The normalized spacial score (nSPS) is 12.7. The van der Waals surface area contributed by atoms with Crippen molar-refractivity contribution in [2.24, 2.45) is 0 Å². The van der Waals surface area contributed by atoms with Crippen LogP contribution in [0.15, 0.2) is 45.0 Å². The van der Waals surface area contributed by atoms with Crippen LogP contribution in [0, 0.1) is 0 Å². The molecule has 0 saturated carbocycles. The minimum atomic E-state index is 0.296. The average molecular weight is 393 g/mol. The van der Waals surface area contributed by atoms with Crippen molar-refractivity contribution in [2.45, 2.75) is 25.9 Å². The molecular formula is C16H17BrN4OS. The van der Waals surface area contributed by atoms with E-state index < -0.39 is 0 Å². The molecule has 0 N–H and O–H groups in total. The van der Waals surface area contributed by atoms with Gasteiger partial charge in [-0.1, -0.05) is 12.1 Å². The third-order valence-corrected chi connectivity index (χ3v) is 5.28. The minimum absolute atomic E-state index is 0.296. The Morgan fingerprint density at radius 3 is 2.70 bits per heavy atom. The topological polar surface area (TPSA) is 55.1 Å². The van der Waals surface area contributed by atoms with Crippen LogP contribution in [0.25, 0.3) is 10.7 Å². The molecule has 23 heavy (non-hydrogen) atoms. The van der Waals surface area contributed by atoms with Crippen molar-refractivity contribution in [1.82, 2.24) is 20.0 Å². The Morgan fingerprint density at radius 1 is 1.26 bits per heavy atom. The maximum Gasteiger partial charge on any atom is 0.241 e. The van der Waals surface area contributed by atoms with Gasteiger partial charge in [-0.25, -0.2) is 0 Å². The van der Waals surface area contributed by atoms with Crippen molar-refractivity contribution in [3.63, 3.8) is 0 Å². The number of thiophene rings is 1. The molecule has 0 saturated heterocycles. The number of rotatable bonds is 6. The first-order valence-electron chi connectivity index (χ1n) is 7.36. The molecule has 0 spiro atoms. The van der Waals surface area contributed by atoms with E-state index in [9.17, 15) is 0 Å². The molecule has 0 fully saturated rings. The predicted octanol–water partition coefficient (Wildman–Crippen LogP) is 4.54. The first-order chi connectivity index (χ1) is 11.2. The summed E-state index contributed by atoms with van der Waals surface area (Å²) in [5.74, 6) is 1.26. The van der Waals surface area contributed by atoms with Crippen molar-refractivity contribution in [1.29, 1.82) is 0 Å². The fourth-order valence-corrected chi connectivity index (χ4v) is 3.88. The summed E-state index contributed by atoms with van der Waals surface area (Å²) in [7, 11) is 2.07. The lowest BCUT2D eigenvalue weighted by molar-refractivity contribution is 0.199. The second-order valence-corrected chi connectivity index (χ2v) is 7.70. The summed E-state index contributed by atoms with van der Waals surface area (Å²) in [5, 5.41) is 4.08. The Morgan fingerprint density at radius 2 is 2.04 bits per heavy atom. The predicted molar refractivity (Wildman–Crippen MR) is 94.0 cm³/mol. The molecule has 5 nitrogen and oxygen atoms in total. The Kier molecular flexibility index (Phi) is 5.20. The molecule has 0 aliphatic heterocycles. The smallest absolute Gasteiger partial charge is 0.241 e. The molecule has 3 aromatic rings. The Hall–Kier alpha value is -1.57. The van der Waals surface area contributed by atoms with Crippen LogP contribution < -0.4 is 0 Å². The van der Waals surface area contributed by atoms with E-state index in [0.29, 0.717) is 24.3 Å². The fraction of sp³-hybridized carbons (Fsp3) is 0.312. The maximum atomic E-state index is 5.41. The van der Waals surface area contributed by atoms with Crippen LogP contribution in [0.1, 0.15) is 30.8 Å². The lowest BCUT2D eigenvalue weighted by Gasteiger charge is -2.25. The van der Waals surface area contributed by atoms with Gasteiger partial charge in [0, 0.05) is 18.4 Å². The van der Waals surface area contributed by atoms with Gasteiger partial charge in [0.15, 0.2) is 0 Å². The zero-order chi connectivity index (χ0) is 16.2. The zero-order valence-electron chi connectivity index (χ0n) is 12.9. The molecule has 0 bridgehead atoms. The Labute approximate surface area is 147 Å². The Balaban J connectivity index is 1.72. The number of hydrogen-bond donors (Lipinski definition) is 0. The number of halogens is 1. The fourth-order valence-electron chi connectivity index (χ4n) is 2.56. The Bertz CT molecular complexity index is 758. The molecule has 0 aliphatic rings. The lowest BCUT2D eigenvalue weighted by Crippen LogP contribution is -2.24. The largest absolute Gasteiger partial charge is 0.338 e. The van der Waals surface area contributed by atoms with E-state index in [1.165, 1.54) is 5.56 Å². The zero-order valence-corrected chi connectivity index (χ0v) is 15.3. The van der Waals surface area contributed by atoms with Gasteiger partial charge in [0.2, 0.25) is 11.7 Å². The molecular weight excluding hydrogens is 376 g/mol.